The zero-order chi connectivity index (χ0) is 20.3. The van der Waals surface area contributed by atoms with E-state index in [1.807, 2.05) is 4.90 Å². The smallest absolute Gasteiger partial charge is 0.293 e. The lowest BCUT2D eigenvalue weighted by Gasteiger charge is -2.28. The van der Waals surface area contributed by atoms with Gasteiger partial charge in [0.25, 0.3) is 17.3 Å². The molecule has 3 rings (SSSR count). The van der Waals surface area contributed by atoms with Gasteiger partial charge in [-0.1, -0.05) is 0 Å². The lowest BCUT2D eigenvalue weighted by molar-refractivity contribution is -0.384. The summed E-state index contributed by atoms with van der Waals surface area (Å²) in [5.74, 6) is -0.564. The predicted octanol–water partition coefficient (Wildman–Crippen LogP) is 3.35. The van der Waals surface area contributed by atoms with E-state index >= 15 is 0 Å². The zero-order valence-corrected chi connectivity index (χ0v) is 16.0. The van der Waals surface area contributed by atoms with Crippen molar-refractivity contribution in [2.24, 2.45) is 0 Å². The molecule has 0 aromatic heterocycles. The molecule has 2 aromatic carbocycles. The number of halogens is 1. The summed E-state index contributed by atoms with van der Waals surface area (Å²) in [5.41, 5.74) is 0.554. The summed E-state index contributed by atoms with van der Waals surface area (Å²) in [4.78, 5) is 35.6. The van der Waals surface area contributed by atoms with Crippen LogP contribution in [0.15, 0.2) is 40.9 Å². The first-order chi connectivity index (χ1) is 13.4. The van der Waals surface area contributed by atoms with Gasteiger partial charge < -0.3 is 15.0 Å². The number of non-ortho nitro benzene ring substituents is 1. The van der Waals surface area contributed by atoms with Crippen LogP contribution in [0.1, 0.15) is 10.4 Å². The van der Waals surface area contributed by atoms with Crippen molar-refractivity contribution in [2.75, 3.05) is 36.5 Å². The van der Waals surface area contributed by atoms with Crippen LogP contribution in [0.3, 0.4) is 0 Å². The van der Waals surface area contributed by atoms with Crippen molar-refractivity contribution < 1.29 is 19.4 Å². The van der Waals surface area contributed by atoms with Crippen LogP contribution in [0.4, 0.5) is 22.7 Å². The second kappa shape index (κ2) is 8.31. The highest BCUT2D eigenvalue weighted by atomic mass is 79.9. The van der Waals surface area contributed by atoms with E-state index in [0.717, 1.165) is 0 Å². The summed E-state index contributed by atoms with van der Waals surface area (Å²) in [6, 6.07) is 8.18. The molecule has 0 aliphatic carbocycles. The third-order valence-electron chi connectivity index (χ3n) is 4.20. The minimum atomic E-state index is -0.564. The van der Waals surface area contributed by atoms with Crippen molar-refractivity contribution in [1.82, 2.24) is 0 Å². The fourth-order valence-electron chi connectivity index (χ4n) is 2.80. The normalized spacial score (nSPS) is 13.8. The summed E-state index contributed by atoms with van der Waals surface area (Å²) in [6.07, 6.45) is 0. The first kappa shape index (κ1) is 19.7. The van der Waals surface area contributed by atoms with Crippen molar-refractivity contribution >= 4 is 44.6 Å². The van der Waals surface area contributed by atoms with E-state index in [1.54, 1.807) is 6.07 Å². The minimum absolute atomic E-state index is 0.106. The Morgan fingerprint density at radius 2 is 1.79 bits per heavy atom. The molecule has 146 valence electrons. The van der Waals surface area contributed by atoms with Gasteiger partial charge >= 0.3 is 0 Å². The maximum absolute atomic E-state index is 12.5. The molecule has 1 N–H and O–H groups in total. The summed E-state index contributed by atoms with van der Waals surface area (Å²) in [6.45, 7) is 2.02. The standard InChI is InChI=1S/C17H15BrN4O6/c18-13-10-12(21(24)25)2-3-14(13)19-17(23)11-1-4-15(16(9-11)22(26)27)20-5-7-28-8-6-20/h1-4,9-10H,5-8H2,(H,19,23). The molecule has 0 radical (unpaired) electrons. The van der Waals surface area contributed by atoms with Gasteiger partial charge in [-0.25, -0.2) is 0 Å². The number of hydrogen-bond donors (Lipinski definition) is 1. The largest absolute Gasteiger partial charge is 0.378 e. The van der Waals surface area contributed by atoms with Crippen LogP contribution in [-0.4, -0.2) is 42.1 Å². The van der Waals surface area contributed by atoms with Crippen molar-refractivity contribution in [2.45, 2.75) is 0 Å². The predicted molar refractivity (Wildman–Crippen MR) is 105 cm³/mol. The van der Waals surface area contributed by atoms with E-state index in [4.69, 9.17) is 4.74 Å². The number of ether oxygens (including phenoxy) is 1. The van der Waals surface area contributed by atoms with E-state index in [2.05, 4.69) is 21.2 Å². The number of hydrogen-bond acceptors (Lipinski definition) is 7. The fourth-order valence-corrected chi connectivity index (χ4v) is 3.26. The average Bonchev–Trinajstić information content (AvgIpc) is 2.69. The van der Waals surface area contributed by atoms with Gasteiger partial charge in [-0.3, -0.25) is 25.0 Å². The Labute approximate surface area is 167 Å². The number of rotatable bonds is 5. The molecule has 1 saturated heterocycles. The molecular weight excluding hydrogens is 436 g/mol. The van der Waals surface area contributed by atoms with E-state index < -0.39 is 15.8 Å². The van der Waals surface area contributed by atoms with Crippen LogP contribution >= 0.6 is 15.9 Å². The molecule has 2 aromatic rings. The third-order valence-corrected chi connectivity index (χ3v) is 4.85. The van der Waals surface area contributed by atoms with Crippen molar-refractivity contribution in [3.63, 3.8) is 0 Å². The molecule has 1 aliphatic heterocycles. The lowest BCUT2D eigenvalue weighted by Crippen LogP contribution is -2.36. The van der Waals surface area contributed by atoms with Crippen LogP contribution in [0.5, 0.6) is 0 Å². The monoisotopic (exact) mass is 450 g/mol. The number of nitrogens with zero attached hydrogens (tertiary/aromatic N) is 3. The highest BCUT2D eigenvalue weighted by molar-refractivity contribution is 9.10. The van der Waals surface area contributed by atoms with Crippen LogP contribution < -0.4 is 10.2 Å². The number of nitro groups is 2. The summed E-state index contributed by atoms with van der Waals surface area (Å²) in [7, 11) is 0. The van der Waals surface area contributed by atoms with E-state index in [0.29, 0.717) is 42.2 Å². The summed E-state index contributed by atoms with van der Waals surface area (Å²) in [5, 5.41) is 24.9. The van der Waals surface area contributed by atoms with Gasteiger partial charge in [-0.15, -0.1) is 0 Å². The minimum Gasteiger partial charge on any atom is -0.378 e. The van der Waals surface area contributed by atoms with E-state index in [-0.39, 0.29) is 16.9 Å². The third kappa shape index (κ3) is 4.26. The molecule has 0 bridgehead atoms. The van der Waals surface area contributed by atoms with E-state index in [1.165, 1.54) is 30.3 Å². The Hall–Kier alpha value is -3.05. The molecule has 28 heavy (non-hydrogen) atoms. The average molecular weight is 451 g/mol. The molecule has 0 spiro atoms. The van der Waals surface area contributed by atoms with Gasteiger partial charge in [0.2, 0.25) is 0 Å². The highest BCUT2D eigenvalue weighted by Crippen LogP contribution is 2.31. The molecule has 1 aliphatic rings. The Morgan fingerprint density at radius 3 is 2.39 bits per heavy atom. The Morgan fingerprint density at radius 1 is 1.07 bits per heavy atom. The molecule has 0 unspecified atom stereocenters. The maximum atomic E-state index is 12.5. The number of carbonyl (C=O) groups is 1. The number of benzene rings is 2. The molecule has 1 heterocycles. The second-order valence-corrected chi connectivity index (χ2v) is 6.79. The van der Waals surface area contributed by atoms with Gasteiger partial charge in [-0.2, -0.15) is 0 Å². The Balaban J connectivity index is 1.85. The maximum Gasteiger partial charge on any atom is 0.293 e. The van der Waals surface area contributed by atoms with Gasteiger partial charge in [0.1, 0.15) is 5.69 Å². The molecule has 11 heteroatoms. The Bertz CT molecular complexity index is 945. The van der Waals surface area contributed by atoms with Crippen molar-refractivity contribution in [3.8, 4) is 0 Å². The molecule has 0 saturated carbocycles. The van der Waals surface area contributed by atoms with Crippen LogP contribution in [-0.2, 0) is 4.74 Å². The van der Waals surface area contributed by atoms with Crippen LogP contribution in [0.25, 0.3) is 0 Å². The second-order valence-electron chi connectivity index (χ2n) is 5.94. The zero-order valence-electron chi connectivity index (χ0n) is 14.5. The van der Waals surface area contributed by atoms with Gasteiger partial charge in [0, 0.05) is 41.3 Å². The van der Waals surface area contributed by atoms with Crippen LogP contribution in [0.2, 0.25) is 0 Å². The molecule has 0 atom stereocenters. The number of nitrogens with one attached hydrogen (secondary N) is 1. The van der Waals surface area contributed by atoms with Crippen LogP contribution in [0, 0.1) is 20.2 Å². The summed E-state index contributed by atoms with van der Waals surface area (Å²) < 4.78 is 5.59. The van der Waals surface area contributed by atoms with Gasteiger partial charge in [-0.05, 0) is 34.1 Å². The van der Waals surface area contributed by atoms with Crippen molar-refractivity contribution in [1.29, 1.82) is 0 Å². The van der Waals surface area contributed by atoms with Crippen molar-refractivity contribution in [3.05, 3.63) is 66.7 Å². The topological polar surface area (TPSA) is 128 Å². The highest BCUT2D eigenvalue weighted by Gasteiger charge is 2.23. The molecule has 10 nitrogen and oxygen atoms in total. The SMILES string of the molecule is O=C(Nc1ccc([N+](=O)[O-])cc1Br)c1ccc(N2CCOCC2)c([N+](=O)[O-])c1. The number of anilines is 2. The lowest BCUT2D eigenvalue weighted by atomic mass is 10.1. The number of morpholine rings is 1. The summed E-state index contributed by atoms with van der Waals surface area (Å²) >= 11 is 3.17. The number of amides is 1. The van der Waals surface area contributed by atoms with Gasteiger partial charge in [0.15, 0.2) is 0 Å². The quantitative estimate of drug-likeness (QED) is 0.545. The van der Waals surface area contributed by atoms with E-state index in [9.17, 15) is 25.0 Å². The first-order valence-corrected chi connectivity index (χ1v) is 9.02. The first-order valence-electron chi connectivity index (χ1n) is 8.23. The molecule has 1 fully saturated rings. The number of carbonyl (C=O) groups excluding carboxylic acids is 1. The molecular formula is C17H15BrN4O6. The number of nitro benzene ring substituents is 2. The fraction of sp³-hybridized carbons (Fsp3) is 0.235. The molecule has 1 amide bonds. The van der Waals surface area contributed by atoms with Gasteiger partial charge in [0.05, 0.1) is 28.7 Å². The Kier molecular flexibility index (Phi) is 5.85.